The van der Waals surface area contributed by atoms with Crippen molar-refractivity contribution in [1.29, 1.82) is 0 Å². The maximum Gasteiger partial charge on any atom is 0.315 e. The number of ether oxygens (including phenoxy) is 1. The van der Waals surface area contributed by atoms with E-state index in [1.807, 2.05) is 55.6 Å². The molecule has 0 radical (unpaired) electrons. The summed E-state index contributed by atoms with van der Waals surface area (Å²) in [7, 11) is 0. The highest BCUT2D eigenvalue weighted by Crippen LogP contribution is 2.23. The molecule has 0 spiro atoms. The van der Waals surface area contributed by atoms with Gasteiger partial charge >= 0.3 is 6.03 Å². The van der Waals surface area contributed by atoms with Crippen molar-refractivity contribution in [3.05, 3.63) is 59.3 Å². The van der Waals surface area contributed by atoms with Gasteiger partial charge in [-0.2, -0.15) is 0 Å². The number of carbonyl (C=O) groups excluding carboxylic acids is 1. The zero-order valence-electron chi connectivity index (χ0n) is 14.7. The van der Waals surface area contributed by atoms with Crippen LogP contribution in [-0.2, 0) is 6.54 Å². The third kappa shape index (κ3) is 4.64. The van der Waals surface area contributed by atoms with Crippen molar-refractivity contribution in [1.82, 2.24) is 15.6 Å². The van der Waals surface area contributed by atoms with Crippen molar-refractivity contribution in [3.8, 4) is 16.5 Å². The summed E-state index contributed by atoms with van der Waals surface area (Å²) in [5, 5.41) is 7.67. The number of hydrogen-bond donors (Lipinski definition) is 2. The van der Waals surface area contributed by atoms with Gasteiger partial charge in [0.2, 0.25) is 5.89 Å². The van der Waals surface area contributed by atoms with Crippen LogP contribution in [0.3, 0.4) is 0 Å². The van der Waals surface area contributed by atoms with Crippen molar-refractivity contribution in [2.75, 3.05) is 6.61 Å². The molecule has 0 aliphatic rings. The molecule has 0 fully saturated rings. The summed E-state index contributed by atoms with van der Waals surface area (Å²) in [6.45, 7) is 4.81. The number of oxazole rings is 1. The quantitative estimate of drug-likeness (QED) is 0.647. The van der Waals surface area contributed by atoms with Crippen LogP contribution in [0.5, 0.6) is 5.75 Å². The Morgan fingerprint density at radius 1 is 1.31 bits per heavy atom. The van der Waals surface area contributed by atoms with Gasteiger partial charge in [-0.05, 0) is 43.0 Å². The van der Waals surface area contributed by atoms with Gasteiger partial charge in [-0.3, -0.25) is 0 Å². The molecule has 1 aromatic carbocycles. The fourth-order valence-electron chi connectivity index (χ4n) is 2.42. The highest BCUT2D eigenvalue weighted by Gasteiger charge is 2.11. The summed E-state index contributed by atoms with van der Waals surface area (Å²) in [4.78, 5) is 17.4. The SMILES string of the molecule is CCOc1ccc([C@@H](C)NC(=O)NCc2coc(-c3cccs3)n2)cc1. The number of amides is 2. The van der Waals surface area contributed by atoms with E-state index >= 15 is 0 Å². The monoisotopic (exact) mass is 371 g/mol. The smallest absolute Gasteiger partial charge is 0.315 e. The molecular formula is C19H21N3O3S. The van der Waals surface area contributed by atoms with Crippen molar-refractivity contribution in [2.24, 2.45) is 0 Å². The van der Waals surface area contributed by atoms with Crippen LogP contribution >= 0.6 is 11.3 Å². The van der Waals surface area contributed by atoms with Gasteiger partial charge in [-0.25, -0.2) is 9.78 Å². The van der Waals surface area contributed by atoms with E-state index < -0.39 is 0 Å². The zero-order valence-corrected chi connectivity index (χ0v) is 15.5. The largest absolute Gasteiger partial charge is 0.494 e. The lowest BCUT2D eigenvalue weighted by molar-refractivity contribution is 0.237. The van der Waals surface area contributed by atoms with Gasteiger partial charge in [0.05, 0.1) is 29.8 Å². The highest BCUT2D eigenvalue weighted by molar-refractivity contribution is 7.13. The Balaban J connectivity index is 1.49. The molecule has 1 atom stereocenters. The molecule has 7 heteroatoms. The van der Waals surface area contributed by atoms with E-state index in [1.165, 1.54) is 0 Å². The first-order valence-electron chi connectivity index (χ1n) is 8.41. The predicted molar refractivity (Wildman–Crippen MR) is 101 cm³/mol. The number of benzene rings is 1. The van der Waals surface area contributed by atoms with Crippen molar-refractivity contribution in [3.63, 3.8) is 0 Å². The number of nitrogens with one attached hydrogen (secondary N) is 2. The lowest BCUT2D eigenvalue weighted by atomic mass is 10.1. The zero-order chi connectivity index (χ0) is 18.4. The molecular weight excluding hydrogens is 350 g/mol. The first-order valence-corrected chi connectivity index (χ1v) is 9.29. The molecule has 3 rings (SSSR count). The average Bonchev–Trinajstić information content (AvgIpc) is 3.32. The highest BCUT2D eigenvalue weighted by atomic mass is 32.1. The Kier molecular flexibility index (Phi) is 5.91. The van der Waals surface area contributed by atoms with Crippen LogP contribution in [0.25, 0.3) is 10.8 Å². The number of rotatable bonds is 7. The number of hydrogen-bond acceptors (Lipinski definition) is 5. The van der Waals surface area contributed by atoms with Crippen molar-refractivity contribution in [2.45, 2.75) is 26.4 Å². The van der Waals surface area contributed by atoms with Crippen LogP contribution in [0.2, 0.25) is 0 Å². The third-order valence-electron chi connectivity index (χ3n) is 3.75. The molecule has 2 amide bonds. The first kappa shape index (κ1) is 18.0. The Morgan fingerprint density at radius 2 is 2.12 bits per heavy atom. The van der Waals surface area contributed by atoms with Gasteiger partial charge in [0.1, 0.15) is 12.0 Å². The Morgan fingerprint density at radius 3 is 2.81 bits per heavy atom. The summed E-state index contributed by atoms with van der Waals surface area (Å²) in [5.74, 6) is 1.39. The number of thiophene rings is 1. The van der Waals surface area contributed by atoms with Crippen LogP contribution in [0.1, 0.15) is 31.1 Å². The maximum absolute atomic E-state index is 12.1. The summed E-state index contributed by atoms with van der Waals surface area (Å²) >= 11 is 1.56. The summed E-state index contributed by atoms with van der Waals surface area (Å²) < 4.78 is 10.9. The molecule has 2 N–H and O–H groups in total. The van der Waals surface area contributed by atoms with Gasteiger partial charge in [0.25, 0.3) is 0 Å². The van der Waals surface area contributed by atoms with Gasteiger partial charge < -0.3 is 19.8 Å². The van der Waals surface area contributed by atoms with Crippen LogP contribution < -0.4 is 15.4 Å². The summed E-state index contributed by atoms with van der Waals surface area (Å²) in [5.41, 5.74) is 1.68. The van der Waals surface area contributed by atoms with Gasteiger partial charge in [-0.1, -0.05) is 18.2 Å². The molecule has 6 nitrogen and oxygen atoms in total. The van der Waals surface area contributed by atoms with Crippen LogP contribution in [-0.4, -0.2) is 17.6 Å². The van der Waals surface area contributed by atoms with Crippen molar-refractivity contribution < 1.29 is 13.9 Å². The molecule has 2 aromatic heterocycles. The standard InChI is InChI=1S/C19H21N3O3S/c1-3-24-16-8-6-14(7-9-16)13(2)21-19(23)20-11-15-12-25-18(22-15)17-5-4-10-26-17/h4-10,12-13H,3,11H2,1-2H3,(H2,20,21,23)/t13-/m1/s1. The second-order valence-electron chi connectivity index (χ2n) is 5.67. The molecule has 26 heavy (non-hydrogen) atoms. The van der Waals surface area contributed by atoms with Crippen molar-refractivity contribution >= 4 is 17.4 Å². The number of aromatic nitrogens is 1. The van der Waals surface area contributed by atoms with E-state index in [1.54, 1.807) is 17.6 Å². The molecule has 0 aliphatic heterocycles. The van der Waals surface area contributed by atoms with Crippen LogP contribution in [0.15, 0.2) is 52.5 Å². The third-order valence-corrected chi connectivity index (χ3v) is 4.61. The maximum atomic E-state index is 12.1. The second-order valence-corrected chi connectivity index (χ2v) is 6.62. The molecule has 0 saturated carbocycles. The minimum absolute atomic E-state index is 0.121. The molecule has 0 saturated heterocycles. The summed E-state index contributed by atoms with van der Waals surface area (Å²) in [6.07, 6.45) is 1.56. The molecule has 0 bridgehead atoms. The second kappa shape index (κ2) is 8.53. The van der Waals surface area contributed by atoms with Gasteiger partial charge in [-0.15, -0.1) is 11.3 Å². The fraction of sp³-hybridized carbons (Fsp3) is 0.263. The lowest BCUT2D eigenvalue weighted by Gasteiger charge is -2.15. The van der Waals surface area contributed by atoms with E-state index in [-0.39, 0.29) is 12.1 Å². The molecule has 2 heterocycles. The molecule has 0 aliphatic carbocycles. The first-order chi connectivity index (χ1) is 12.7. The summed E-state index contributed by atoms with van der Waals surface area (Å²) in [6, 6.07) is 11.2. The Hall–Kier alpha value is -2.80. The molecule has 136 valence electrons. The average molecular weight is 371 g/mol. The minimum atomic E-state index is -0.257. The van der Waals surface area contributed by atoms with E-state index in [0.717, 1.165) is 16.2 Å². The number of urea groups is 1. The Bertz CT molecular complexity index is 828. The van der Waals surface area contributed by atoms with Crippen LogP contribution in [0, 0.1) is 0 Å². The van der Waals surface area contributed by atoms with E-state index in [9.17, 15) is 4.79 Å². The lowest BCUT2D eigenvalue weighted by Crippen LogP contribution is -2.36. The predicted octanol–water partition coefficient (Wildman–Crippen LogP) is 4.36. The normalized spacial score (nSPS) is 11.8. The van der Waals surface area contributed by atoms with Gasteiger partial charge in [0, 0.05) is 0 Å². The topological polar surface area (TPSA) is 76.4 Å². The van der Waals surface area contributed by atoms with E-state index in [0.29, 0.717) is 24.7 Å². The minimum Gasteiger partial charge on any atom is -0.494 e. The van der Waals surface area contributed by atoms with E-state index in [4.69, 9.17) is 9.15 Å². The number of carbonyl (C=O) groups is 1. The molecule has 0 unspecified atom stereocenters. The van der Waals surface area contributed by atoms with E-state index in [2.05, 4.69) is 15.6 Å². The Labute approximate surface area is 156 Å². The van der Waals surface area contributed by atoms with Crippen LogP contribution in [0.4, 0.5) is 4.79 Å². The van der Waals surface area contributed by atoms with Gasteiger partial charge in [0.15, 0.2) is 0 Å². The molecule has 3 aromatic rings. The number of nitrogens with zero attached hydrogens (tertiary/aromatic N) is 1. The fourth-order valence-corrected chi connectivity index (χ4v) is 3.08.